The van der Waals surface area contributed by atoms with E-state index < -0.39 is 11.9 Å². The van der Waals surface area contributed by atoms with Crippen molar-refractivity contribution in [3.63, 3.8) is 0 Å². The molecule has 0 unspecified atom stereocenters. The number of carbonyl (C=O) groups is 2. The van der Waals surface area contributed by atoms with E-state index in [4.69, 9.17) is 25.8 Å². The summed E-state index contributed by atoms with van der Waals surface area (Å²) in [6.07, 6.45) is 0. The van der Waals surface area contributed by atoms with Crippen LogP contribution in [0.3, 0.4) is 0 Å². The summed E-state index contributed by atoms with van der Waals surface area (Å²) in [5.74, 6) is 0.193. The number of esters is 1. The first kappa shape index (κ1) is 20.6. The molecule has 0 heterocycles. The van der Waals surface area contributed by atoms with Gasteiger partial charge in [0.2, 0.25) is 0 Å². The lowest BCUT2D eigenvalue weighted by Crippen LogP contribution is -2.31. The predicted molar refractivity (Wildman–Crippen MR) is 102 cm³/mol. The normalized spacial score (nSPS) is 11.4. The Morgan fingerprint density at radius 3 is 2.33 bits per heavy atom. The largest absolute Gasteiger partial charge is 0.494 e. The molecule has 6 nitrogen and oxygen atoms in total. The number of amides is 1. The van der Waals surface area contributed by atoms with Crippen molar-refractivity contribution in [3.8, 4) is 11.5 Å². The summed E-state index contributed by atoms with van der Waals surface area (Å²) in [5, 5.41) is 3.33. The average molecular weight is 392 g/mol. The minimum absolute atomic E-state index is 0.255. The average Bonchev–Trinajstić information content (AvgIpc) is 2.66. The van der Waals surface area contributed by atoms with Crippen molar-refractivity contribution in [1.82, 2.24) is 5.32 Å². The summed E-state index contributed by atoms with van der Waals surface area (Å²) >= 11 is 5.93. The quantitative estimate of drug-likeness (QED) is 0.662. The number of hydrogen-bond donors (Lipinski definition) is 1. The summed E-state index contributed by atoms with van der Waals surface area (Å²) in [5.41, 5.74) is 0.862. The monoisotopic (exact) mass is 391 g/mol. The molecule has 1 N–H and O–H groups in total. The molecule has 0 spiro atoms. The molecule has 0 saturated carbocycles. The number of hydrogen-bond acceptors (Lipinski definition) is 5. The SMILES string of the molecule is CCOc1ccc(OCC(=O)OCC(=O)N[C@@H](C)c2cccc(Cl)c2)cc1. The van der Waals surface area contributed by atoms with E-state index in [0.717, 1.165) is 11.3 Å². The number of carbonyl (C=O) groups excluding carboxylic acids is 2. The van der Waals surface area contributed by atoms with Crippen molar-refractivity contribution < 1.29 is 23.8 Å². The Bertz CT molecular complexity index is 763. The third kappa shape index (κ3) is 7.19. The molecular formula is C20H22ClNO5. The van der Waals surface area contributed by atoms with Gasteiger partial charge in [0, 0.05) is 5.02 Å². The van der Waals surface area contributed by atoms with Gasteiger partial charge in [-0.1, -0.05) is 23.7 Å². The minimum atomic E-state index is -0.630. The lowest BCUT2D eigenvalue weighted by atomic mass is 10.1. The maximum atomic E-state index is 11.9. The van der Waals surface area contributed by atoms with Gasteiger partial charge in [-0.2, -0.15) is 0 Å². The van der Waals surface area contributed by atoms with Crippen LogP contribution in [0.2, 0.25) is 5.02 Å². The van der Waals surface area contributed by atoms with Gasteiger partial charge in [-0.15, -0.1) is 0 Å². The Kier molecular flexibility index (Phi) is 7.95. The van der Waals surface area contributed by atoms with Crippen LogP contribution in [-0.4, -0.2) is 31.7 Å². The van der Waals surface area contributed by atoms with Crippen LogP contribution in [-0.2, 0) is 14.3 Å². The molecule has 0 aliphatic heterocycles. The maximum absolute atomic E-state index is 11.9. The third-order valence-corrected chi connectivity index (χ3v) is 3.82. The van der Waals surface area contributed by atoms with Crippen LogP contribution in [0.4, 0.5) is 0 Å². The molecule has 0 fully saturated rings. The highest BCUT2D eigenvalue weighted by Gasteiger charge is 2.12. The highest BCUT2D eigenvalue weighted by atomic mass is 35.5. The van der Waals surface area contributed by atoms with Crippen LogP contribution < -0.4 is 14.8 Å². The molecule has 1 amide bonds. The number of nitrogens with one attached hydrogen (secondary N) is 1. The minimum Gasteiger partial charge on any atom is -0.494 e. The summed E-state index contributed by atoms with van der Waals surface area (Å²) in [6, 6.07) is 13.8. The number of ether oxygens (including phenoxy) is 3. The molecule has 0 saturated heterocycles. The Labute approximate surface area is 163 Å². The molecule has 0 bridgehead atoms. The van der Waals surface area contributed by atoms with Crippen molar-refractivity contribution in [2.75, 3.05) is 19.8 Å². The van der Waals surface area contributed by atoms with Crippen molar-refractivity contribution in [2.45, 2.75) is 19.9 Å². The van der Waals surface area contributed by atoms with E-state index in [0.29, 0.717) is 17.4 Å². The zero-order valence-corrected chi connectivity index (χ0v) is 16.0. The van der Waals surface area contributed by atoms with Crippen LogP contribution in [0.1, 0.15) is 25.5 Å². The number of halogens is 1. The molecule has 2 rings (SSSR count). The van der Waals surface area contributed by atoms with Gasteiger partial charge >= 0.3 is 5.97 Å². The first-order chi connectivity index (χ1) is 13.0. The van der Waals surface area contributed by atoms with E-state index >= 15 is 0 Å². The van der Waals surface area contributed by atoms with Gasteiger partial charge in [-0.05, 0) is 55.8 Å². The Balaban J connectivity index is 1.70. The fourth-order valence-electron chi connectivity index (χ4n) is 2.27. The lowest BCUT2D eigenvalue weighted by molar-refractivity contribution is -0.150. The van der Waals surface area contributed by atoms with Crippen molar-refractivity contribution in [2.24, 2.45) is 0 Å². The molecule has 144 valence electrons. The Hall–Kier alpha value is -2.73. The highest BCUT2D eigenvalue weighted by Crippen LogP contribution is 2.18. The van der Waals surface area contributed by atoms with Crippen molar-refractivity contribution >= 4 is 23.5 Å². The van der Waals surface area contributed by atoms with E-state index in [-0.39, 0.29) is 19.3 Å². The molecule has 2 aromatic carbocycles. The first-order valence-electron chi connectivity index (χ1n) is 8.54. The van der Waals surface area contributed by atoms with Gasteiger partial charge < -0.3 is 19.5 Å². The van der Waals surface area contributed by atoms with Gasteiger partial charge in [0.05, 0.1) is 12.6 Å². The number of benzene rings is 2. The first-order valence-corrected chi connectivity index (χ1v) is 8.92. The van der Waals surface area contributed by atoms with Gasteiger partial charge in [0.15, 0.2) is 13.2 Å². The fraction of sp³-hybridized carbons (Fsp3) is 0.300. The van der Waals surface area contributed by atoms with E-state index in [1.807, 2.05) is 19.9 Å². The van der Waals surface area contributed by atoms with Gasteiger partial charge in [-0.25, -0.2) is 4.79 Å². The van der Waals surface area contributed by atoms with Crippen LogP contribution in [0.25, 0.3) is 0 Å². The molecule has 2 aromatic rings. The number of rotatable bonds is 9. The Morgan fingerprint density at radius 1 is 1.04 bits per heavy atom. The lowest BCUT2D eigenvalue weighted by Gasteiger charge is -2.14. The highest BCUT2D eigenvalue weighted by molar-refractivity contribution is 6.30. The second-order valence-corrected chi connectivity index (χ2v) is 6.13. The van der Waals surface area contributed by atoms with E-state index in [1.54, 1.807) is 42.5 Å². The summed E-state index contributed by atoms with van der Waals surface area (Å²) in [7, 11) is 0. The summed E-state index contributed by atoms with van der Waals surface area (Å²) in [4.78, 5) is 23.6. The smallest absolute Gasteiger partial charge is 0.344 e. The zero-order chi connectivity index (χ0) is 19.6. The van der Waals surface area contributed by atoms with Crippen molar-refractivity contribution in [3.05, 3.63) is 59.1 Å². The molecule has 0 aliphatic carbocycles. The molecule has 0 aromatic heterocycles. The maximum Gasteiger partial charge on any atom is 0.344 e. The molecular weight excluding hydrogens is 370 g/mol. The van der Waals surface area contributed by atoms with Gasteiger partial charge in [0.1, 0.15) is 11.5 Å². The third-order valence-electron chi connectivity index (χ3n) is 3.58. The van der Waals surface area contributed by atoms with Crippen LogP contribution >= 0.6 is 11.6 Å². The van der Waals surface area contributed by atoms with E-state index in [1.165, 1.54) is 0 Å². The van der Waals surface area contributed by atoms with Crippen molar-refractivity contribution in [1.29, 1.82) is 0 Å². The van der Waals surface area contributed by atoms with Crippen LogP contribution in [0.5, 0.6) is 11.5 Å². The molecule has 0 aliphatic rings. The Morgan fingerprint density at radius 2 is 1.70 bits per heavy atom. The van der Waals surface area contributed by atoms with E-state index in [2.05, 4.69) is 5.32 Å². The molecule has 0 radical (unpaired) electrons. The molecule has 1 atom stereocenters. The van der Waals surface area contributed by atoms with E-state index in [9.17, 15) is 9.59 Å². The van der Waals surface area contributed by atoms with Gasteiger partial charge in [-0.3, -0.25) is 4.79 Å². The molecule has 7 heteroatoms. The zero-order valence-electron chi connectivity index (χ0n) is 15.2. The fourth-order valence-corrected chi connectivity index (χ4v) is 2.47. The van der Waals surface area contributed by atoms with Crippen LogP contribution in [0.15, 0.2) is 48.5 Å². The van der Waals surface area contributed by atoms with Crippen LogP contribution in [0, 0.1) is 0 Å². The standard InChI is InChI=1S/C20H22ClNO5/c1-3-25-17-7-9-18(10-8-17)26-13-20(24)27-12-19(23)22-14(2)15-5-4-6-16(21)11-15/h4-11,14H,3,12-13H2,1-2H3,(H,22,23)/t14-/m0/s1. The topological polar surface area (TPSA) is 73.9 Å². The summed E-state index contributed by atoms with van der Waals surface area (Å²) in [6.45, 7) is 3.62. The second-order valence-electron chi connectivity index (χ2n) is 5.70. The second kappa shape index (κ2) is 10.4. The van der Waals surface area contributed by atoms with Gasteiger partial charge in [0.25, 0.3) is 5.91 Å². The summed E-state index contributed by atoms with van der Waals surface area (Å²) < 4.78 is 15.6. The molecule has 27 heavy (non-hydrogen) atoms. The predicted octanol–water partition coefficient (Wildman–Crippen LogP) is 3.54.